The van der Waals surface area contributed by atoms with Crippen LogP contribution in [0.3, 0.4) is 0 Å². The first-order valence-corrected chi connectivity index (χ1v) is 13.6. The van der Waals surface area contributed by atoms with Gasteiger partial charge in [0.25, 0.3) is 0 Å². The van der Waals surface area contributed by atoms with Crippen molar-refractivity contribution in [3.63, 3.8) is 0 Å². The summed E-state index contributed by atoms with van der Waals surface area (Å²) in [6.45, 7) is 11.6. The number of hydrogen-bond acceptors (Lipinski definition) is 9. The van der Waals surface area contributed by atoms with Crippen LogP contribution in [0.5, 0.6) is 0 Å². The molecule has 4 aromatic rings. The highest BCUT2D eigenvalue weighted by atomic mass is 19.1. The minimum Gasteiger partial charge on any atom is -0.374 e. The molecule has 2 atom stereocenters. The van der Waals surface area contributed by atoms with E-state index < -0.39 is 17.9 Å². The molecular weight excluding hydrogens is 516 g/mol. The Labute approximate surface area is 231 Å². The topological polar surface area (TPSA) is 107 Å². The third-order valence-corrected chi connectivity index (χ3v) is 7.80. The quantitative estimate of drug-likeness (QED) is 0.349. The maximum Gasteiger partial charge on any atom is 0.229 e. The number of nitrogens with zero attached hydrogens (tertiary/aromatic N) is 7. The van der Waals surface area contributed by atoms with Gasteiger partial charge in [0, 0.05) is 74.3 Å². The number of aryl methyl sites for hydroxylation is 1. The predicted molar refractivity (Wildman–Crippen MR) is 149 cm³/mol. The molecule has 0 amide bonds. The van der Waals surface area contributed by atoms with Crippen LogP contribution in [0.2, 0.25) is 0 Å². The van der Waals surface area contributed by atoms with E-state index in [2.05, 4.69) is 47.3 Å². The van der Waals surface area contributed by atoms with Gasteiger partial charge in [0.15, 0.2) is 11.6 Å². The minimum absolute atomic E-state index is 0.0348. The van der Waals surface area contributed by atoms with Crippen LogP contribution in [0.1, 0.15) is 37.7 Å². The second-order valence-corrected chi connectivity index (χ2v) is 10.6. The lowest BCUT2D eigenvalue weighted by molar-refractivity contribution is 0.131. The first-order chi connectivity index (χ1) is 19.3. The lowest BCUT2D eigenvalue weighted by Gasteiger charge is -2.34. The molecule has 2 aliphatic heterocycles. The Morgan fingerprint density at radius 1 is 1.00 bits per heavy atom. The molecule has 6 bridgehead atoms. The Kier molecular flexibility index (Phi) is 7.07. The fraction of sp³-hybridized carbons (Fsp3) is 0.429. The monoisotopic (exact) mass is 549 g/mol. The van der Waals surface area contributed by atoms with Crippen molar-refractivity contribution in [2.75, 3.05) is 43.4 Å². The Hall–Kier alpha value is -3.74. The maximum atomic E-state index is 15.2. The van der Waals surface area contributed by atoms with Crippen LogP contribution in [0.25, 0.3) is 22.3 Å². The molecule has 40 heavy (non-hydrogen) atoms. The van der Waals surface area contributed by atoms with Gasteiger partial charge in [0.1, 0.15) is 29.1 Å². The van der Waals surface area contributed by atoms with Gasteiger partial charge >= 0.3 is 0 Å². The van der Waals surface area contributed by atoms with Crippen LogP contribution in [-0.2, 0) is 6.54 Å². The number of imidazole rings is 1. The summed E-state index contributed by atoms with van der Waals surface area (Å²) in [6.07, 6.45) is 2.24. The van der Waals surface area contributed by atoms with Crippen molar-refractivity contribution in [3.8, 4) is 11.3 Å². The summed E-state index contributed by atoms with van der Waals surface area (Å²) in [4.78, 5) is 22.2. The number of nitrogens with one attached hydrogen (secondary N) is 2. The Bertz CT molecular complexity index is 1550. The van der Waals surface area contributed by atoms with Gasteiger partial charge in [-0.3, -0.25) is 4.90 Å². The van der Waals surface area contributed by atoms with Crippen molar-refractivity contribution in [1.82, 2.24) is 34.3 Å². The molecule has 10 nitrogen and oxygen atoms in total. The number of anilines is 3. The molecule has 2 unspecified atom stereocenters. The van der Waals surface area contributed by atoms with Gasteiger partial charge in [0.2, 0.25) is 5.95 Å². The maximum absolute atomic E-state index is 15.2. The van der Waals surface area contributed by atoms with E-state index in [1.165, 1.54) is 6.07 Å². The summed E-state index contributed by atoms with van der Waals surface area (Å²) >= 11 is 0. The van der Waals surface area contributed by atoms with Crippen molar-refractivity contribution < 1.29 is 13.9 Å². The van der Waals surface area contributed by atoms with Crippen LogP contribution >= 0.6 is 0 Å². The van der Waals surface area contributed by atoms with E-state index in [9.17, 15) is 9.50 Å². The summed E-state index contributed by atoms with van der Waals surface area (Å²) in [5, 5.41) is 17.5. The number of halogens is 2. The highest BCUT2D eigenvalue weighted by molar-refractivity contribution is 5.83. The summed E-state index contributed by atoms with van der Waals surface area (Å²) in [7, 11) is 0. The molecule has 1 fully saturated rings. The summed E-state index contributed by atoms with van der Waals surface area (Å²) in [5.41, 5.74) is 2.60. The normalized spacial score (nSPS) is 20.1. The number of aliphatic hydroxyl groups excluding tert-OH is 1. The first kappa shape index (κ1) is 26.5. The smallest absolute Gasteiger partial charge is 0.229 e. The number of likely N-dealkylation sites (N-methyl/N-ethyl adjacent to an activating group) is 1. The summed E-state index contributed by atoms with van der Waals surface area (Å²) in [5.74, 6) is -0.0999. The third-order valence-electron chi connectivity index (χ3n) is 7.80. The largest absolute Gasteiger partial charge is 0.374 e. The second kappa shape index (κ2) is 10.7. The van der Waals surface area contributed by atoms with Crippen LogP contribution in [0, 0.1) is 18.6 Å². The molecule has 0 saturated carbocycles. The Balaban J connectivity index is 1.41. The number of pyridine rings is 1. The molecule has 6 rings (SSSR count). The average molecular weight is 550 g/mol. The molecule has 0 spiro atoms. The summed E-state index contributed by atoms with van der Waals surface area (Å²) < 4.78 is 32.0. The summed E-state index contributed by atoms with van der Waals surface area (Å²) in [6, 6.07) is 4.47. The van der Waals surface area contributed by atoms with E-state index in [0.717, 1.165) is 50.2 Å². The van der Waals surface area contributed by atoms with E-state index in [4.69, 9.17) is 0 Å². The van der Waals surface area contributed by atoms with E-state index in [0.29, 0.717) is 30.1 Å². The molecule has 2 aliphatic rings. The molecule has 0 aliphatic carbocycles. The van der Waals surface area contributed by atoms with Crippen LogP contribution in [0.4, 0.5) is 26.2 Å². The molecule has 210 valence electrons. The number of rotatable bonds is 3. The van der Waals surface area contributed by atoms with E-state index in [-0.39, 0.29) is 28.8 Å². The SMILES string of the molecule is CCN1CCN(Cc2cnc3cc2NC(O)CC(C)n2c(C)nc4c(F)cc(cc42)-c2nc(ncc2F)N3)CC1. The van der Waals surface area contributed by atoms with Gasteiger partial charge in [-0.15, -0.1) is 0 Å². The van der Waals surface area contributed by atoms with E-state index in [1.54, 1.807) is 25.3 Å². The Morgan fingerprint density at radius 3 is 2.55 bits per heavy atom. The predicted octanol–water partition coefficient (Wildman–Crippen LogP) is 4.05. The van der Waals surface area contributed by atoms with Crippen molar-refractivity contribution in [3.05, 3.63) is 53.6 Å². The fourth-order valence-corrected chi connectivity index (χ4v) is 5.69. The zero-order chi connectivity index (χ0) is 28.0. The number of hydrogen-bond donors (Lipinski definition) is 3. The van der Waals surface area contributed by atoms with Gasteiger partial charge in [-0.2, -0.15) is 0 Å². The Morgan fingerprint density at radius 2 is 1.77 bits per heavy atom. The van der Waals surface area contributed by atoms with E-state index >= 15 is 4.39 Å². The molecule has 0 radical (unpaired) electrons. The molecule has 3 aromatic heterocycles. The zero-order valence-electron chi connectivity index (χ0n) is 22.8. The molecule has 12 heteroatoms. The van der Waals surface area contributed by atoms with Gasteiger partial charge in [-0.25, -0.2) is 28.7 Å². The highest BCUT2D eigenvalue weighted by Crippen LogP contribution is 2.32. The van der Waals surface area contributed by atoms with Crippen molar-refractivity contribution in [2.24, 2.45) is 0 Å². The minimum atomic E-state index is -0.911. The van der Waals surface area contributed by atoms with Crippen LogP contribution in [0.15, 0.2) is 30.6 Å². The van der Waals surface area contributed by atoms with Crippen molar-refractivity contribution in [2.45, 2.75) is 46.0 Å². The highest BCUT2D eigenvalue weighted by Gasteiger charge is 2.23. The molecule has 1 aromatic carbocycles. The number of aliphatic hydroxyl groups is 1. The lowest BCUT2D eigenvalue weighted by atomic mass is 10.1. The van der Waals surface area contributed by atoms with Crippen LogP contribution < -0.4 is 10.6 Å². The van der Waals surface area contributed by atoms with Crippen molar-refractivity contribution >= 4 is 28.5 Å². The van der Waals surface area contributed by atoms with Gasteiger partial charge < -0.3 is 25.2 Å². The van der Waals surface area contributed by atoms with Crippen molar-refractivity contribution in [1.29, 1.82) is 0 Å². The molecule has 3 N–H and O–H groups in total. The van der Waals surface area contributed by atoms with Gasteiger partial charge in [-0.1, -0.05) is 6.92 Å². The first-order valence-electron chi connectivity index (χ1n) is 13.6. The number of fused-ring (bicyclic) bond motifs is 6. The number of piperazine rings is 1. The lowest BCUT2D eigenvalue weighted by Crippen LogP contribution is -2.45. The van der Waals surface area contributed by atoms with E-state index in [1.807, 2.05) is 11.5 Å². The fourth-order valence-electron chi connectivity index (χ4n) is 5.69. The van der Waals surface area contributed by atoms with Gasteiger partial charge in [-0.05, 0) is 32.5 Å². The molecule has 5 heterocycles. The number of aromatic nitrogens is 5. The number of benzene rings is 1. The standard InChI is InChI=1S/C28H33F2N9O/c1-4-37-5-7-38(8-6-37)15-19-13-31-24-12-22(19)34-25(40)9-16(2)39-17(3)33-27-20(29)10-18(11-23(27)39)26-21(30)14-32-28(35-24)36-26/h10-14,16,25,34,40H,4-9,15H2,1-3H3,(H,31,32,35,36). The van der Waals surface area contributed by atoms with Crippen LogP contribution in [-0.4, -0.2) is 78.4 Å². The van der Waals surface area contributed by atoms with Gasteiger partial charge in [0.05, 0.1) is 11.7 Å². The third kappa shape index (κ3) is 5.09. The molecular formula is C28H33F2N9O. The average Bonchev–Trinajstić information content (AvgIpc) is 3.27. The zero-order valence-corrected chi connectivity index (χ0v) is 22.8. The molecule has 1 saturated heterocycles. The second-order valence-electron chi connectivity index (χ2n) is 10.6.